The van der Waals surface area contributed by atoms with Crippen molar-refractivity contribution in [2.75, 3.05) is 26.3 Å². The number of hydrogen-bond donors (Lipinski definition) is 1. The molecule has 29 heavy (non-hydrogen) atoms. The number of hydrogen-bond acceptors (Lipinski definition) is 4. The SMILES string of the molecule is C=C/C(=C\C=C(/CCCC)N1CCOCC1)c1ccc2c(C=O)c(O)ccc2c1. The molecular formula is C25H29NO3. The van der Waals surface area contributed by atoms with Gasteiger partial charge in [-0.05, 0) is 53.0 Å². The van der Waals surface area contributed by atoms with Gasteiger partial charge in [0.05, 0.1) is 18.8 Å². The second-order valence-corrected chi connectivity index (χ2v) is 7.24. The fourth-order valence-electron chi connectivity index (χ4n) is 3.67. The van der Waals surface area contributed by atoms with Gasteiger partial charge in [0.2, 0.25) is 0 Å². The van der Waals surface area contributed by atoms with Crippen molar-refractivity contribution < 1.29 is 14.6 Å². The third-order valence-electron chi connectivity index (χ3n) is 5.37. The highest BCUT2D eigenvalue weighted by atomic mass is 16.5. The number of unbranched alkanes of at least 4 members (excludes halogenated alkanes) is 1. The van der Waals surface area contributed by atoms with Crippen molar-refractivity contribution >= 4 is 22.6 Å². The summed E-state index contributed by atoms with van der Waals surface area (Å²) in [5, 5.41) is 11.6. The third kappa shape index (κ3) is 4.96. The number of phenols is 1. The predicted molar refractivity (Wildman–Crippen MR) is 119 cm³/mol. The zero-order chi connectivity index (χ0) is 20.6. The van der Waals surface area contributed by atoms with E-state index < -0.39 is 0 Å². The smallest absolute Gasteiger partial charge is 0.154 e. The summed E-state index contributed by atoms with van der Waals surface area (Å²) in [6.07, 6.45) is 10.3. The van der Waals surface area contributed by atoms with Gasteiger partial charge in [0.25, 0.3) is 0 Å². The Kier molecular flexibility index (Phi) is 7.25. The summed E-state index contributed by atoms with van der Waals surface area (Å²) in [7, 11) is 0. The van der Waals surface area contributed by atoms with E-state index in [1.54, 1.807) is 6.07 Å². The third-order valence-corrected chi connectivity index (χ3v) is 5.37. The number of carbonyl (C=O) groups is 1. The summed E-state index contributed by atoms with van der Waals surface area (Å²) in [5.41, 5.74) is 3.72. The molecule has 152 valence electrons. The first-order chi connectivity index (χ1) is 14.2. The van der Waals surface area contributed by atoms with Crippen molar-refractivity contribution in [3.63, 3.8) is 0 Å². The van der Waals surface area contributed by atoms with Crippen LogP contribution in [-0.2, 0) is 4.74 Å². The van der Waals surface area contributed by atoms with E-state index in [0.717, 1.165) is 67.5 Å². The normalized spacial score (nSPS) is 15.6. The molecule has 4 nitrogen and oxygen atoms in total. The molecule has 1 fully saturated rings. The second kappa shape index (κ2) is 10.1. The van der Waals surface area contributed by atoms with Gasteiger partial charge in [-0.25, -0.2) is 0 Å². The van der Waals surface area contributed by atoms with Crippen molar-refractivity contribution in [2.45, 2.75) is 26.2 Å². The number of aromatic hydroxyl groups is 1. The van der Waals surface area contributed by atoms with Gasteiger partial charge in [0.1, 0.15) is 5.75 Å². The van der Waals surface area contributed by atoms with Crippen molar-refractivity contribution in [3.05, 3.63) is 72.0 Å². The topological polar surface area (TPSA) is 49.8 Å². The molecule has 0 amide bonds. The minimum Gasteiger partial charge on any atom is -0.507 e. The number of nitrogens with zero attached hydrogens (tertiary/aromatic N) is 1. The zero-order valence-electron chi connectivity index (χ0n) is 17.1. The number of aldehydes is 1. The first-order valence-corrected chi connectivity index (χ1v) is 10.2. The first kappa shape index (κ1) is 20.9. The molecule has 4 heteroatoms. The molecule has 1 N–H and O–H groups in total. The predicted octanol–water partition coefficient (Wildman–Crippen LogP) is 5.33. The zero-order valence-corrected chi connectivity index (χ0v) is 17.1. The van der Waals surface area contributed by atoms with Crippen molar-refractivity contribution in [3.8, 4) is 5.75 Å². The Labute approximate surface area is 172 Å². The lowest BCUT2D eigenvalue weighted by Crippen LogP contribution is -2.35. The number of benzene rings is 2. The average molecular weight is 392 g/mol. The van der Waals surface area contributed by atoms with Crippen LogP contribution in [0, 0.1) is 0 Å². The maximum Gasteiger partial charge on any atom is 0.154 e. The van der Waals surface area contributed by atoms with Crippen molar-refractivity contribution in [2.24, 2.45) is 0 Å². The molecule has 2 aromatic carbocycles. The molecule has 0 bridgehead atoms. The highest BCUT2D eigenvalue weighted by molar-refractivity contribution is 6.01. The van der Waals surface area contributed by atoms with E-state index in [0.29, 0.717) is 11.8 Å². The van der Waals surface area contributed by atoms with Gasteiger partial charge >= 0.3 is 0 Å². The summed E-state index contributed by atoms with van der Waals surface area (Å²) in [4.78, 5) is 13.7. The Morgan fingerprint density at radius 1 is 1.21 bits per heavy atom. The van der Waals surface area contributed by atoms with E-state index >= 15 is 0 Å². The average Bonchev–Trinajstić information content (AvgIpc) is 2.76. The molecule has 1 aliphatic heterocycles. The largest absolute Gasteiger partial charge is 0.507 e. The monoisotopic (exact) mass is 391 g/mol. The molecule has 2 aromatic rings. The molecule has 3 rings (SSSR count). The Balaban J connectivity index is 1.94. The van der Waals surface area contributed by atoms with E-state index in [9.17, 15) is 9.90 Å². The summed E-state index contributed by atoms with van der Waals surface area (Å²) < 4.78 is 5.50. The van der Waals surface area contributed by atoms with Crippen LogP contribution in [0.25, 0.3) is 16.3 Å². The highest BCUT2D eigenvalue weighted by Crippen LogP contribution is 2.29. The van der Waals surface area contributed by atoms with E-state index in [1.165, 1.54) is 5.70 Å². The molecule has 0 unspecified atom stereocenters. The van der Waals surface area contributed by atoms with Crippen LogP contribution in [0.4, 0.5) is 0 Å². The van der Waals surface area contributed by atoms with Gasteiger partial charge in [-0.1, -0.05) is 50.3 Å². The number of morpholine rings is 1. The fourth-order valence-corrected chi connectivity index (χ4v) is 3.67. The summed E-state index contributed by atoms with van der Waals surface area (Å²) in [5.74, 6) is 0.00810. The second-order valence-electron chi connectivity index (χ2n) is 7.24. The minimum atomic E-state index is 0.00810. The molecule has 0 saturated carbocycles. The maximum atomic E-state index is 11.3. The van der Waals surface area contributed by atoms with Crippen LogP contribution >= 0.6 is 0 Å². The van der Waals surface area contributed by atoms with Gasteiger partial charge in [-0.15, -0.1) is 0 Å². The van der Waals surface area contributed by atoms with Gasteiger partial charge in [0, 0.05) is 18.8 Å². The molecule has 0 spiro atoms. The molecule has 0 atom stereocenters. The Morgan fingerprint density at radius 2 is 2.00 bits per heavy atom. The molecular weight excluding hydrogens is 362 g/mol. The molecule has 1 saturated heterocycles. The minimum absolute atomic E-state index is 0.00810. The molecule has 0 aliphatic carbocycles. The molecule has 1 heterocycles. The summed E-state index contributed by atoms with van der Waals surface area (Å²) >= 11 is 0. The highest BCUT2D eigenvalue weighted by Gasteiger charge is 2.13. The van der Waals surface area contributed by atoms with Crippen LogP contribution < -0.4 is 0 Å². The van der Waals surface area contributed by atoms with E-state index in [2.05, 4.69) is 30.6 Å². The number of phenolic OH excluding ortho intramolecular Hbond substituents is 1. The quantitative estimate of drug-likeness (QED) is 0.488. The van der Waals surface area contributed by atoms with Crippen LogP contribution in [-0.4, -0.2) is 42.6 Å². The maximum absolute atomic E-state index is 11.3. The number of carbonyl (C=O) groups excluding carboxylic acids is 1. The van der Waals surface area contributed by atoms with Crippen LogP contribution in [0.5, 0.6) is 5.75 Å². The van der Waals surface area contributed by atoms with E-state index in [4.69, 9.17) is 4.74 Å². The number of rotatable bonds is 8. The summed E-state index contributed by atoms with van der Waals surface area (Å²) in [6, 6.07) is 9.28. The molecule has 0 radical (unpaired) electrons. The standard InChI is InChI=1S/C25H29NO3/c1-3-5-6-22(26-13-15-29-16-14-26)10-7-19(4-2)20-8-11-23-21(17-20)9-12-25(28)24(23)18-27/h4,7-12,17-18,28H,2-3,5-6,13-16H2,1H3/b19-7+,22-10+. The van der Waals surface area contributed by atoms with Crippen molar-refractivity contribution in [1.82, 2.24) is 4.90 Å². The Bertz CT molecular complexity index is 936. The van der Waals surface area contributed by atoms with Gasteiger partial charge in [-0.3, -0.25) is 4.79 Å². The fraction of sp³-hybridized carbons (Fsp3) is 0.320. The lowest BCUT2D eigenvalue weighted by Gasteiger charge is -2.31. The van der Waals surface area contributed by atoms with Gasteiger partial charge < -0.3 is 14.7 Å². The van der Waals surface area contributed by atoms with Gasteiger partial charge in [-0.2, -0.15) is 0 Å². The first-order valence-electron chi connectivity index (χ1n) is 10.2. The van der Waals surface area contributed by atoms with Crippen LogP contribution in [0.2, 0.25) is 0 Å². The van der Waals surface area contributed by atoms with Crippen LogP contribution in [0.1, 0.15) is 42.1 Å². The Hall–Kier alpha value is -2.85. The lowest BCUT2D eigenvalue weighted by atomic mass is 9.98. The van der Waals surface area contributed by atoms with Gasteiger partial charge in [0.15, 0.2) is 6.29 Å². The molecule has 1 aliphatic rings. The number of ether oxygens (including phenoxy) is 1. The number of fused-ring (bicyclic) bond motifs is 1. The summed E-state index contributed by atoms with van der Waals surface area (Å²) in [6.45, 7) is 9.62. The Morgan fingerprint density at radius 3 is 2.69 bits per heavy atom. The number of allylic oxidation sites excluding steroid dienone is 5. The van der Waals surface area contributed by atoms with Crippen LogP contribution in [0.3, 0.4) is 0 Å². The van der Waals surface area contributed by atoms with Crippen molar-refractivity contribution in [1.29, 1.82) is 0 Å². The van der Waals surface area contributed by atoms with Crippen LogP contribution in [0.15, 0.2) is 60.8 Å². The van der Waals surface area contributed by atoms with E-state index in [1.807, 2.05) is 30.3 Å². The van der Waals surface area contributed by atoms with E-state index in [-0.39, 0.29) is 5.75 Å². The molecule has 0 aromatic heterocycles. The lowest BCUT2D eigenvalue weighted by molar-refractivity contribution is 0.0519.